The van der Waals surface area contributed by atoms with E-state index in [2.05, 4.69) is 27.5 Å². The van der Waals surface area contributed by atoms with Gasteiger partial charge in [-0.05, 0) is 30.4 Å². The van der Waals surface area contributed by atoms with Crippen LogP contribution >= 0.6 is 12.2 Å². The number of nitrogens with zero attached hydrogens (tertiary/aromatic N) is 2. The van der Waals surface area contributed by atoms with Crippen LogP contribution in [0.1, 0.15) is 0 Å². The number of para-hydroxylation sites is 1. The number of thiocarbonyl (C=S) groups is 1. The zero-order valence-corrected chi connectivity index (χ0v) is 9.39. The highest BCUT2D eigenvalue weighted by atomic mass is 32.1. The van der Waals surface area contributed by atoms with Crippen LogP contribution in [0.3, 0.4) is 0 Å². The first-order valence-corrected chi connectivity index (χ1v) is 5.01. The van der Waals surface area contributed by atoms with Gasteiger partial charge in [-0.25, -0.2) is 9.97 Å². The van der Waals surface area contributed by atoms with E-state index in [1.54, 1.807) is 18.5 Å². The number of hydrogen-bond donors (Lipinski definition) is 2. The van der Waals surface area contributed by atoms with Gasteiger partial charge < -0.3 is 11.1 Å². The monoisotopic (exact) mass is 232 g/mol. The van der Waals surface area contributed by atoms with Crippen molar-refractivity contribution in [2.45, 2.75) is 0 Å². The average molecular weight is 232 g/mol. The van der Waals surface area contributed by atoms with Crippen molar-refractivity contribution in [2.75, 3.05) is 5.32 Å². The van der Waals surface area contributed by atoms with Crippen molar-refractivity contribution in [1.82, 2.24) is 9.97 Å². The summed E-state index contributed by atoms with van der Waals surface area (Å²) in [5.41, 5.74) is 6.17. The SMILES string of the molecule is NC(=S)Nc1ccccc1.c1cncnc1. The summed E-state index contributed by atoms with van der Waals surface area (Å²) in [4.78, 5) is 7.35. The predicted molar refractivity (Wildman–Crippen MR) is 68.9 cm³/mol. The van der Waals surface area contributed by atoms with Gasteiger partial charge in [-0.3, -0.25) is 0 Å². The van der Waals surface area contributed by atoms with Gasteiger partial charge >= 0.3 is 0 Å². The topological polar surface area (TPSA) is 63.8 Å². The summed E-state index contributed by atoms with van der Waals surface area (Å²) in [6.45, 7) is 0. The predicted octanol–water partition coefficient (Wildman–Crippen LogP) is 1.82. The number of benzene rings is 1. The van der Waals surface area contributed by atoms with Crippen LogP contribution in [-0.4, -0.2) is 15.1 Å². The molecular formula is C11H12N4S. The van der Waals surface area contributed by atoms with Crippen LogP contribution < -0.4 is 11.1 Å². The second-order valence-electron chi connectivity index (χ2n) is 2.76. The van der Waals surface area contributed by atoms with Crippen LogP contribution in [-0.2, 0) is 0 Å². The molecular weight excluding hydrogens is 220 g/mol. The van der Waals surface area contributed by atoms with Crippen molar-refractivity contribution >= 4 is 23.0 Å². The van der Waals surface area contributed by atoms with Gasteiger partial charge in [0.1, 0.15) is 6.33 Å². The fourth-order valence-corrected chi connectivity index (χ4v) is 1.03. The number of nitrogens with two attached hydrogens (primary N) is 1. The highest BCUT2D eigenvalue weighted by molar-refractivity contribution is 7.80. The van der Waals surface area contributed by atoms with Gasteiger partial charge in [-0.2, -0.15) is 0 Å². The zero-order chi connectivity index (χ0) is 11.6. The molecule has 1 heterocycles. The third-order valence-corrected chi connectivity index (χ3v) is 1.62. The number of rotatable bonds is 1. The molecule has 1 aromatic carbocycles. The Labute approximate surface area is 99.5 Å². The normalized spacial score (nSPS) is 8.50. The molecule has 0 aliphatic rings. The summed E-state index contributed by atoms with van der Waals surface area (Å²) >= 11 is 4.64. The van der Waals surface area contributed by atoms with Crippen LogP contribution in [0.25, 0.3) is 0 Å². The molecule has 0 aliphatic carbocycles. The van der Waals surface area contributed by atoms with Gasteiger partial charge in [0.05, 0.1) is 0 Å². The Balaban J connectivity index is 0.000000181. The van der Waals surface area contributed by atoms with Crippen LogP contribution in [0.4, 0.5) is 5.69 Å². The van der Waals surface area contributed by atoms with E-state index in [-0.39, 0.29) is 0 Å². The number of aromatic nitrogens is 2. The Morgan fingerprint density at radius 2 is 1.69 bits per heavy atom. The smallest absolute Gasteiger partial charge is 0.168 e. The Morgan fingerprint density at radius 1 is 1.06 bits per heavy atom. The summed E-state index contributed by atoms with van der Waals surface area (Å²) in [6, 6.07) is 11.4. The molecule has 2 rings (SSSR count). The molecule has 0 unspecified atom stereocenters. The highest BCUT2D eigenvalue weighted by Gasteiger charge is 1.87. The molecule has 1 aromatic heterocycles. The molecule has 16 heavy (non-hydrogen) atoms. The first kappa shape index (κ1) is 12.1. The largest absolute Gasteiger partial charge is 0.376 e. The first-order chi connectivity index (χ1) is 7.79. The van der Waals surface area contributed by atoms with E-state index in [9.17, 15) is 0 Å². The molecule has 0 fully saturated rings. The molecule has 0 bridgehead atoms. The molecule has 0 amide bonds. The van der Waals surface area contributed by atoms with E-state index < -0.39 is 0 Å². The molecule has 4 nitrogen and oxygen atoms in total. The zero-order valence-electron chi connectivity index (χ0n) is 8.58. The standard InChI is InChI=1S/C7H8N2S.C4H4N2/c8-7(10)9-6-4-2-1-3-5-6;1-2-5-4-6-3-1/h1-5H,(H3,8,9,10);1-4H. The summed E-state index contributed by atoms with van der Waals surface area (Å²) in [7, 11) is 0. The third-order valence-electron chi connectivity index (χ3n) is 1.52. The van der Waals surface area contributed by atoms with E-state index in [1.165, 1.54) is 6.33 Å². The average Bonchev–Trinajstić information content (AvgIpc) is 2.32. The van der Waals surface area contributed by atoms with Crippen molar-refractivity contribution < 1.29 is 0 Å². The van der Waals surface area contributed by atoms with Crippen LogP contribution in [0.2, 0.25) is 0 Å². The maximum Gasteiger partial charge on any atom is 0.168 e. The molecule has 3 N–H and O–H groups in total. The van der Waals surface area contributed by atoms with E-state index in [1.807, 2.05) is 30.3 Å². The van der Waals surface area contributed by atoms with E-state index in [0.29, 0.717) is 5.11 Å². The van der Waals surface area contributed by atoms with Gasteiger partial charge in [0.25, 0.3) is 0 Å². The first-order valence-electron chi connectivity index (χ1n) is 4.60. The molecule has 0 radical (unpaired) electrons. The van der Waals surface area contributed by atoms with Crippen molar-refractivity contribution in [2.24, 2.45) is 5.73 Å². The van der Waals surface area contributed by atoms with Crippen molar-refractivity contribution in [3.63, 3.8) is 0 Å². The molecule has 0 saturated heterocycles. The summed E-state index contributed by atoms with van der Waals surface area (Å²) < 4.78 is 0. The van der Waals surface area contributed by atoms with Gasteiger partial charge in [0.15, 0.2) is 5.11 Å². The second-order valence-corrected chi connectivity index (χ2v) is 3.20. The Hall–Kier alpha value is -2.01. The lowest BCUT2D eigenvalue weighted by Gasteiger charge is -2.00. The summed E-state index contributed by atoms with van der Waals surface area (Å²) in [5.74, 6) is 0. The second kappa shape index (κ2) is 7.30. The van der Waals surface area contributed by atoms with Crippen molar-refractivity contribution in [3.8, 4) is 0 Å². The minimum Gasteiger partial charge on any atom is -0.376 e. The lowest BCUT2D eigenvalue weighted by Crippen LogP contribution is -2.18. The molecule has 2 aromatic rings. The van der Waals surface area contributed by atoms with Gasteiger partial charge in [-0.15, -0.1) is 0 Å². The Bertz CT molecular complexity index is 378. The van der Waals surface area contributed by atoms with Gasteiger partial charge in [-0.1, -0.05) is 18.2 Å². The van der Waals surface area contributed by atoms with Crippen molar-refractivity contribution in [3.05, 3.63) is 55.1 Å². The minimum absolute atomic E-state index is 0.297. The van der Waals surface area contributed by atoms with E-state index >= 15 is 0 Å². The minimum atomic E-state index is 0.297. The maximum atomic E-state index is 5.24. The van der Waals surface area contributed by atoms with Crippen LogP contribution in [0, 0.1) is 0 Å². The quantitative estimate of drug-likeness (QED) is 0.734. The molecule has 0 saturated carbocycles. The number of anilines is 1. The molecule has 0 spiro atoms. The lowest BCUT2D eigenvalue weighted by atomic mass is 10.3. The van der Waals surface area contributed by atoms with E-state index in [0.717, 1.165) is 5.69 Å². The van der Waals surface area contributed by atoms with Crippen LogP contribution in [0.5, 0.6) is 0 Å². The fraction of sp³-hybridized carbons (Fsp3) is 0. The Morgan fingerprint density at radius 3 is 2.06 bits per heavy atom. The molecule has 0 aliphatic heterocycles. The van der Waals surface area contributed by atoms with E-state index in [4.69, 9.17) is 5.73 Å². The number of nitrogens with one attached hydrogen (secondary N) is 1. The highest BCUT2D eigenvalue weighted by Crippen LogP contribution is 2.03. The molecule has 0 atom stereocenters. The Kier molecular flexibility index (Phi) is 5.51. The number of hydrogen-bond acceptors (Lipinski definition) is 3. The third kappa shape index (κ3) is 5.66. The summed E-state index contributed by atoms with van der Waals surface area (Å²) in [6.07, 6.45) is 4.88. The van der Waals surface area contributed by atoms with Gasteiger partial charge in [0, 0.05) is 18.1 Å². The maximum absolute atomic E-state index is 5.24. The lowest BCUT2D eigenvalue weighted by molar-refractivity contribution is 1.17. The van der Waals surface area contributed by atoms with Crippen molar-refractivity contribution in [1.29, 1.82) is 0 Å². The fourth-order valence-electron chi connectivity index (χ4n) is 0.917. The molecule has 82 valence electrons. The van der Waals surface area contributed by atoms with Crippen LogP contribution in [0.15, 0.2) is 55.1 Å². The van der Waals surface area contributed by atoms with Gasteiger partial charge in [0.2, 0.25) is 0 Å². The molecule has 5 heteroatoms. The summed E-state index contributed by atoms with van der Waals surface area (Å²) in [5, 5.41) is 3.11.